The van der Waals surface area contributed by atoms with Crippen LogP contribution in [0.15, 0.2) is 0 Å². The predicted octanol–water partition coefficient (Wildman–Crippen LogP) is 1.13. The summed E-state index contributed by atoms with van der Waals surface area (Å²) in [5, 5.41) is 2.87. The number of nitrogens with zero attached hydrogens (tertiary/aromatic N) is 1. The number of alkyl halides is 2. The first-order valence-corrected chi connectivity index (χ1v) is 4.83. The number of carbonyl (C=O) groups excluding carboxylic acids is 1. The quantitative estimate of drug-likeness (QED) is 0.787. The van der Waals surface area contributed by atoms with Crippen molar-refractivity contribution in [3.05, 3.63) is 0 Å². The van der Waals surface area contributed by atoms with Gasteiger partial charge >= 0.3 is 0 Å². The van der Waals surface area contributed by atoms with E-state index in [2.05, 4.69) is 5.32 Å². The molecule has 0 aromatic heterocycles. The molecule has 1 heterocycles. The molecule has 1 unspecified atom stereocenters. The van der Waals surface area contributed by atoms with Gasteiger partial charge in [-0.3, -0.25) is 4.79 Å². The summed E-state index contributed by atoms with van der Waals surface area (Å²) in [6.45, 7) is 4.63. The zero-order valence-electron chi connectivity index (χ0n) is 8.87. The van der Waals surface area contributed by atoms with Crippen LogP contribution in [0.25, 0.3) is 0 Å². The van der Waals surface area contributed by atoms with Crippen molar-refractivity contribution in [2.45, 2.75) is 26.3 Å². The number of hydrogen-bond acceptors (Lipinski definition) is 2. The summed E-state index contributed by atoms with van der Waals surface area (Å²) in [5.74, 6) is -0.397. The van der Waals surface area contributed by atoms with Crippen LogP contribution in [-0.4, -0.2) is 42.9 Å². The lowest BCUT2D eigenvalue weighted by molar-refractivity contribution is -0.141. The van der Waals surface area contributed by atoms with Gasteiger partial charge in [0.15, 0.2) is 0 Å². The summed E-state index contributed by atoms with van der Waals surface area (Å²) in [6.07, 6.45) is -2.47. The van der Waals surface area contributed by atoms with Crippen LogP contribution in [0.5, 0.6) is 0 Å². The molecule has 1 rings (SSSR count). The Hall–Kier alpha value is -0.420. The van der Waals surface area contributed by atoms with E-state index < -0.39 is 12.5 Å². The summed E-state index contributed by atoms with van der Waals surface area (Å²) in [7, 11) is 0. The van der Waals surface area contributed by atoms with Crippen molar-refractivity contribution in [1.82, 2.24) is 10.2 Å². The lowest BCUT2D eigenvalue weighted by Crippen LogP contribution is -2.57. The van der Waals surface area contributed by atoms with E-state index in [0.717, 1.165) is 0 Å². The Labute approximate surface area is 94.6 Å². The first kappa shape index (κ1) is 14.6. The minimum Gasteiger partial charge on any atom is -0.331 e. The van der Waals surface area contributed by atoms with E-state index in [1.165, 1.54) is 4.90 Å². The highest BCUT2D eigenvalue weighted by Gasteiger charge is 2.33. The lowest BCUT2D eigenvalue weighted by atomic mass is 10.1. The normalized spacial score (nSPS) is 21.7. The zero-order chi connectivity index (χ0) is 10.7. The van der Waals surface area contributed by atoms with Gasteiger partial charge in [0.1, 0.15) is 6.04 Å². The number of halogens is 3. The third-order valence-electron chi connectivity index (χ3n) is 2.35. The third-order valence-corrected chi connectivity index (χ3v) is 2.35. The van der Waals surface area contributed by atoms with Crippen molar-refractivity contribution >= 4 is 18.3 Å². The fourth-order valence-electron chi connectivity index (χ4n) is 1.56. The van der Waals surface area contributed by atoms with Crippen LogP contribution in [0.1, 0.15) is 13.8 Å². The molecule has 0 saturated carbocycles. The largest absolute Gasteiger partial charge is 0.331 e. The molecule has 0 aromatic carbocycles. The monoisotopic (exact) mass is 242 g/mol. The van der Waals surface area contributed by atoms with E-state index in [1.54, 1.807) is 13.8 Å². The fourth-order valence-corrected chi connectivity index (χ4v) is 1.56. The Morgan fingerprint density at radius 3 is 2.53 bits per heavy atom. The highest BCUT2D eigenvalue weighted by Crippen LogP contribution is 2.14. The topological polar surface area (TPSA) is 32.3 Å². The first-order chi connectivity index (χ1) is 6.54. The standard InChI is InChI=1S/C9H16F2N2O.ClH/c1-6(2)9(14)13-4-3-12-5-7(13)8(10)11;/h6-8,12H,3-5H2,1-2H3;1H. The Bertz CT molecular complexity index is 214. The molecule has 0 radical (unpaired) electrons. The van der Waals surface area contributed by atoms with Gasteiger partial charge in [-0.1, -0.05) is 13.8 Å². The van der Waals surface area contributed by atoms with E-state index in [4.69, 9.17) is 0 Å². The summed E-state index contributed by atoms with van der Waals surface area (Å²) < 4.78 is 25.1. The minimum atomic E-state index is -2.47. The maximum Gasteiger partial charge on any atom is 0.259 e. The molecule has 0 bridgehead atoms. The van der Waals surface area contributed by atoms with E-state index in [9.17, 15) is 13.6 Å². The molecule has 90 valence electrons. The Balaban J connectivity index is 0.00000196. The van der Waals surface area contributed by atoms with Crippen LogP contribution in [-0.2, 0) is 4.79 Å². The second-order valence-electron chi connectivity index (χ2n) is 3.79. The molecule has 1 amide bonds. The highest BCUT2D eigenvalue weighted by atomic mass is 35.5. The molecule has 1 atom stereocenters. The van der Waals surface area contributed by atoms with Crippen molar-refractivity contribution in [1.29, 1.82) is 0 Å². The molecule has 1 fully saturated rings. The molecule has 1 saturated heterocycles. The smallest absolute Gasteiger partial charge is 0.259 e. The number of rotatable bonds is 2. The number of piperazine rings is 1. The molecular formula is C9H17ClF2N2O. The van der Waals surface area contributed by atoms with Crippen molar-refractivity contribution in [3.8, 4) is 0 Å². The average Bonchev–Trinajstić information content (AvgIpc) is 2.16. The Morgan fingerprint density at radius 2 is 2.07 bits per heavy atom. The number of carbonyl (C=O) groups is 1. The van der Waals surface area contributed by atoms with E-state index in [0.29, 0.717) is 13.1 Å². The minimum absolute atomic E-state index is 0. The maximum atomic E-state index is 12.6. The summed E-state index contributed by atoms with van der Waals surface area (Å²) in [6, 6.07) is -0.960. The van der Waals surface area contributed by atoms with Gasteiger partial charge in [-0.05, 0) is 0 Å². The summed E-state index contributed by atoms with van der Waals surface area (Å²) in [5.41, 5.74) is 0. The first-order valence-electron chi connectivity index (χ1n) is 4.83. The van der Waals surface area contributed by atoms with Gasteiger partial charge < -0.3 is 10.2 Å². The van der Waals surface area contributed by atoms with E-state index in [-0.39, 0.29) is 30.8 Å². The van der Waals surface area contributed by atoms with Crippen molar-refractivity contribution in [2.75, 3.05) is 19.6 Å². The van der Waals surface area contributed by atoms with Gasteiger partial charge in [0.05, 0.1) is 0 Å². The molecule has 1 aliphatic rings. The van der Waals surface area contributed by atoms with Gasteiger partial charge in [0, 0.05) is 25.6 Å². The molecule has 0 aliphatic carbocycles. The molecule has 3 nitrogen and oxygen atoms in total. The molecule has 1 N–H and O–H groups in total. The fraction of sp³-hybridized carbons (Fsp3) is 0.889. The molecule has 6 heteroatoms. The van der Waals surface area contributed by atoms with Crippen LogP contribution in [0, 0.1) is 5.92 Å². The van der Waals surface area contributed by atoms with E-state index in [1.807, 2.05) is 0 Å². The van der Waals surface area contributed by atoms with Crippen molar-refractivity contribution < 1.29 is 13.6 Å². The number of amides is 1. The van der Waals surface area contributed by atoms with Gasteiger partial charge in [-0.2, -0.15) is 0 Å². The number of nitrogens with one attached hydrogen (secondary N) is 1. The van der Waals surface area contributed by atoms with Gasteiger partial charge in [-0.15, -0.1) is 12.4 Å². The van der Waals surface area contributed by atoms with Crippen molar-refractivity contribution in [2.24, 2.45) is 5.92 Å². The van der Waals surface area contributed by atoms with Crippen LogP contribution in [0.3, 0.4) is 0 Å². The molecule has 0 spiro atoms. The summed E-state index contributed by atoms with van der Waals surface area (Å²) in [4.78, 5) is 12.9. The molecular weight excluding hydrogens is 226 g/mol. The number of hydrogen-bond donors (Lipinski definition) is 1. The Kier molecular flexibility index (Phi) is 6.05. The SMILES string of the molecule is CC(C)C(=O)N1CCNCC1C(F)F.Cl. The van der Waals surface area contributed by atoms with Crippen molar-refractivity contribution in [3.63, 3.8) is 0 Å². The van der Waals surface area contributed by atoms with Crippen LogP contribution in [0.4, 0.5) is 8.78 Å². The zero-order valence-corrected chi connectivity index (χ0v) is 9.69. The van der Waals surface area contributed by atoms with Crippen LogP contribution >= 0.6 is 12.4 Å². The lowest BCUT2D eigenvalue weighted by Gasteiger charge is -2.36. The average molecular weight is 243 g/mol. The predicted molar refractivity (Wildman–Crippen MR) is 56.5 cm³/mol. The van der Waals surface area contributed by atoms with Gasteiger partial charge in [0.2, 0.25) is 5.91 Å². The van der Waals surface area contributed by atoms with E-state index >= 15 is 0 Å². The Morgan fingerprint density at radius 1 is 1.47 bits per heavy atom. The van der Waals surface area contributed by atoms with Gasteiger partial charge in [0.25, 0.3) is 6.43 Å². The summed E-state index contributed by atoms with van der Waals surface area (Å²) >= 11 is 0. The second kappa shape index (κ2) is 6.23. The van der Waals surface area contributed by atoms with Crippen LogP contribution < -0.4 is 5.32 Å². The molecule has 0 aromatic rings. The second-order valence-corrected chi connectivity index (χ2v) is 3.79. The highest BCUT2D eigenvalue weighted by molar-refractivity contribution is 5.85. The maximum absolute atomic E-state index is 12.6. The van der Waals surface area contributed by atoms with Gasteiger partial charge in [-0.25, -0.2) is 8.78 Å². The third kappa shape index (κ3) is 3.57. The van der Waals surface area contributed by atoms with Crippen LogP contribution in [0.2, 0.25) is 0 Å². The molecule has 1 aliphatic heterocycles. The molecule has 15 heavy (non-hydrogen) atoms.